The average Bonchev–Trinajstić information content (AvgIpc) is 3.23. The molecule has 3 fully saturated rings. The molecule has 3 aliphatic rings. The Kier molecular flexibility index (Phi) is 5.39. The number of aliphatic imine (C=N–C) groups is 1. The minimum Gasteiger partial charge on any atom is -0.356 e. The van der Waals surface area contributed by atoms with Gasteiger partial charge in [0.15, 0.2) is 5.96 Å². The molecule has 3 rings (SSSR count). The molecule has 2 saturated heterocycles. The van der Waals surface area contributed by atoms with Gasteiger partial charge in [-0.1, -0.05) is 19.3 Å². The maximum Gasteiger partial charge on any atom is 0.193 e. The quantitative estimate of drug-likeness (QED) is 0.622. The van der Waals surface area contributed by atoms with Crippen LogP contribution in [0.3, 0.4) is 0 Å². The molecule has 1 N–H and O–H groups in total. The van der Waals surface area contributed by atoms with E-state index in [1.54, 1.807) is 0 Å². The summed E-state index contributed by atoms with van der Waals surface area (Å²) in [7, 11) is 1.93. The predicted octanol–water partition coefficient (Wildman–Crippen LogP) is 2.17. The molecular formula is C17H32N4. The Labute approximate surface area is 130 Å². The van der Waals surface area contributed by atoms with Crippen molar-refractivity contribution in [3.05, 3.63) is 0 Å². The zero-order valence-corrected chi connectivity index (χ0v) is 13.7. The highest BCUT2D eigenvalue weighted by Gasteiger charge is 2.27. The molecule has 0 aromatic rings. The molecule has 1 atom stereocenters. The summed E-state index contributed by atoms with van der Waals surface area (Å²) in [4.78, 5) is 9.64. The highest BCUT2D eigenvalue weighted by atomic mass is 15.3. The van der Waals surface area contributed by atoms with Crippen molar-refractivity contribution in [2.75, 3.05) is 46.3 Å². The zero-order valence-electron chi connectivity index (χ0n) is 13.7. The molecule has 0 radical (unpaired) electrons. The Bertz CT molecular complexity index is 345. The lowest BCUT2D eigenvalue weighted by Crippen LogP contribution is -2.41. The topological polar surface area (TPSA) is 30.9 Å². The standard InChI is InChI=1S/C17H32N4/c1-18-17(19-9-7-15-5-6-15)21-12-8-16(14-21)13-20-10-3-2-4-11-20/h15-16H,2-14H2,1H3,(H,18,19). The van der Waals surface area contributed by atoms with Gasteiger partial charge in [-0.15, -0.1) is 0 Å². The maximum atomic E-state index is 4.49. The van der Waals surface area contributed by atoms with Crippen LogP contribution in [0, 0.1) is 11.8 Å². The van der Waals surface area contributed by atoms with E-state index in [2.05, 4.69) is 20.1 Å². The molecular weight excluding hydrogens is 260 g/mol. The Morgan fingerprint density at radius 2 is 1.86 bits per heavy atom. The molecule has 0 aromatic carbocycles. The first-order valence-corrected chi connectivity index (χ1v) is 9.03. The number of nitrogens with zero attached hydrogens (tertiary/aromatic N) is 3. The number of guanidine groups is 1. The summed E-state index contributed by atoms with van der Waals surface area (Å²) in [6.45, 7) is 7.43. The van der Waals surface area contributed by atoms with Crippen LogP contribution in [0.1, 0.15) is 44.9 Å². The van der Waals surface area contributed by atoms with Gasteiger partial charge in [0.05, 0.1) is 0 Å². The minimum absolute atomic E-state index is 0.838. The summed E-state index contributed by atoms with van der Waals surface area (Å²) in [6.07, 6.45) is 9.79. The smallest absolute Gasteiger partial charge is 0.193 e. The van der Waals surface area contributed by atoms with E-state index in [1.165, 1.54) is 77.7 Å². The molecule has 1 unspecified atom stereocenters. The summed E-state index contributed by atoms with van der Waals surface area (Å²) in [5.41, 5.74) is 0. The van der Waals surface area contributed by atoms with Gasteiger partial charge in [-0.2, -0.15) is 0 Å². The fourth-order valence-corrected chi connectivity index (χ4v) is 3.81. The second-order valence-corrected chi connectivity index (χ2v) is 7.17. The van der Waals surface area contributed by atoms with Crippen LogP contribution in [-0.4, -0.2) is 62.1 Å². The molecule has 0 spiro atoms. The van der Waals surface area contributed by atoms with Gasteiger partial charge in [0.2, 0.25) is 0 Å². The Morgan fingerprint density at radius 3 is 2.57 bits per heavy atom. The number of likely N-dealkylation sites (tertiary alicyclic amines) is 2. The van der Waals surface area contributed by atoms with Gasteiger partial charge in [0.25, 0.3) is 0 Å². The average molecular weight is 292 g/mol. The van der Waals surface area contributed by atoms with Gasteiger partial charge in [0.1, 0.15) is 0 Å². The molecule has 120 valence electrons. The SMILES string of the molecule is CN=C(NCCC1CC1)N1CCC(CN2CCCCC2)C1. The number of rotatable bonds is 5. The second-order valence-electron chi connectivity index (χ2n) is 7.17. The van der Waals surface area contributed by atoms with Crippen LogP contribution in [0.15, 0.2) is 4.99 Å². The summed E-state index contributed by atoms with van der Waals surface area (Å²) in [5.74, 6) is 2.97. The molecule has 0 bridgehead atoms. The van der Waals surface area contributed by atoms with Crippen LogP contribution >= 0.6 is 0 Å². The van der Waals surface area contributed by atoms with Crippen molar-refractivity contribution >= 4 is 5.96 Å². The first-order chi connectivity index (χ1) is 10.3. The first-order valence-electron chi connectivity index (χ1n) is 9.03. The third kappa shape index (κ3) is 4.60. The lowest BCUT2D eigenvalue weighted by molar-refractivity contribution is 0.198. The summed E-state index contributed by atoms with van der Waals surface area (Å²) < 4.78 is 0. The van der Waals surface area contributed by atoms with E-state index in [-0.39, 0.29) is 0 Å². The molecule has 0 amide bonds. The maximum absolute atomic E-state index is 4.49. The molecule has 4 heteroatoms. The number of piperidine rings is 1. The van der Waals surface area contributed by atoms with Crippen molar-refractivity contribution in [3.8, 4) is 0 Å². The van der Waals surface area contributed by atoms with Gasteiger partial charge in [-0.3, -0.25) is 4.99 Å². The van der Waals surface area contributed by atoms with Gasteiger partial charge in [0, 0.05) is 33.2 Å². The van der Waals surface area contributed by atoms with E-state index in [4.69, 9.17) is 0 Å². The van der Waals surface area contributed by atoms with E-state index in [9.17, 15) is 0 Å². The fourth-order valence-electron chi connectivity index (χ4n) is 3.81. The van der Waals surface area contributed by atoms with E-state index < -0.39 is 0 Å². The largest absolute Gasteiger partial charge is 0.356 e. The van der Waals surface area contributed by atoms with Gasteiger partial charge < -0.3 is 15.1 Å². The summed E-state index contributed by atoms with van der Waals surface area (Å²) in [6, 6.07) is 0. The third-order valence-electron chi connectivity index (χ3n) is 5.29. The molecule has 2 aliphatic heterocycles. The highest BCUT2D eigenvalue weighted by Crippen LogP contribution is 2.31. The lowest BCUT2D eigenvalue weighted by Gasteiger charge is -2.29. The highest BCUT2D eigenvalue weighted by molar-refractivity contribution is 5.80. The molecule has 1 saturated carbocycles. The second kappa shape index (κ2) is 7.48. The monoisotopic (exact) mass is 292 g/mol. The molecule has 1 aliphatic carbocycles. The number of hydrogen-bond donors (Lipinski definition) is 1. The van der Waals surface area contributed by atoms with Crippen molar-refractivity contribution in [3.63, 3.8) is 0 Å². The van der Waals surface area contributed by atoms with Crippen LogP contribution in [-0.2, 0) is 0 Å². The fraction of sp³-hybridized carbons (Fsp3) is 0.941. The van der Waals surface area contributed by atoms with Crippen LogP contribution in [0.2, 0.25) is 0 Å². The van der Waals surface area contributed by atoms with Crippen molar-refractivity contribution in [1.82, 2.24) is 15.1 Å². The summed E-state index contributed by atoms with van der Waals surface area (Å²) in [5, 5.41) is 3.57. The molecule has 0 aromatic heterocycles. The van der Waals surface area contributed by atoms with Crippen LogP contribution in [0.4, 0.5) is 0 Å². The molecule has 4 nitrogen and oxygen atoms in total. The van der Waals surface area contributed by atoms with Gasteiger partial charge in [-0.25, -0.2) is 0 Å². The Morgan fingerprint density at radius 1 is 1.05 bits per heavy atom. The van der Waals surface area contributed by atoms with E-state index in [0.717, 1.165) is 24.3 Å². The summed E-state index contributed by atoms with van der Waals surface area (Å²) >= 11 is 0. The molecule has 2 heterocycles. The first kappa shape index (κ1) is 15.1. The van der Waals surface area contributed by atoms with Crippen LogP contribution in [0.25, 0.3) is 0 Å². The predicted molar refractivity (Wildman–Crippen MR) is 88.7 cm³/mol. The van der Waals surface area contributed by atoms with Gasteiger partial charge in [-0.05, 0) is 50.6 Å². The van der Waals surface area contributed by atoms with Crippen LogP contribution < -0.4 is 5.32 Å². The van der Waals surface area contributed by atoms with Crippen molar-refractivity contribution in [2.24, 2.45) is 16.8 Å². The van der Waals surface area contributed by atoms with E-state index >= 15 is 0 Å². The van der Waals surface area contributed by atoms with Crippen molar-refractivity contribution < 1.29 is 0 Å². The van der Waals surface area contributed by atoms with Crippen molar-refractivity contribution in [2.45, 2.75) is 44.9 Å². The number of hydrogen-bond acceptors (Lipinski definition) is 2. The lowest BCUT2D eigenvalue weighted by atomic mass is 10.1. The van der Waals surface area contributed by atoms with Crippen molar-refractivity contribution in [1.29, 1.82) is 0 Å². The van der Waals surface area contributed by atoms with Gasteiger partial charge >= 0.3 is 0 Å². The third-order valence-corrected chi connectivity index (χ3v) is 5.29. The number of nitrogens with one attached hydrogen (secondary N) is 1. The Balaban J connectivity index is 1.39. The van der Waals surface area contributed by atoms with Crippen LogP contribution in [0.5, 0.6) is 0 Å². The van der Waals surface area contributed by atoms with E-state index in [0.29, 0.717) is 0 Å². The normalized spacial score (nSPS) is 28.1. The molecule has 21 heavy (non-hydrogen) atoms. The minimum atomic E-state index is 0.838. The van der Waals surface area contributed by atoms with E-state index in [1.807, 2.05) is 7.05 Å². The zero-order chi connectivity index (χ0) is 14.5. The Hall–Kier alpha value is -0.770.